The van der Waals surface area contributed by atoms with Crippen LogP contribution < -0.4 is 14.8 Å². The van der Waals surface area contributed by atoms with Gasteiger partial charge in [0.2, 0.25) is 5.91 Å². The van der Waals surface area contributed by atoms with Crippen LogP contribution in [0.25, 0.3) is 11.4 Å². The van der Waals surface area contributed by atoms with Crippen LogP contribution >= 0.6 is 11.8 Å². The first-order valence-electron chi connectivity index (χ1n) is 11.2. The van der Waals surface area contributed by atoms with Crippen LogP contribution in [0.2, 0.25) is 0 Å². The van der Waals surface area contributed by atoms with Gasteiger partial charge in [0.25, 0.3) is 0 Å². The Labute approximate surface area is 209 Å². The third-order valence-corrected chi connectivity index (χ3v) is 6.45. The molecule has 8 heteroatoms. The molecule has 1 amide bonds. The van der Waals surface area contributed by atoms with Gasteiger partial charge in [-0.2, -0.15) is 0 Å². The number of rotatable bonds is 10. The van der Waals surface area contributed by atoms with Crippen LogP contribution in [0.15, 0.2) is 78.0 Å². The van der Waals surface area contributed by atoms with Gasteiger partial charge in [-0.3, -0.25) is 4.79 Å². The van der Waals surface area contributed by atoms with Gasteiger partial charge >= 0.3 is 0 Å². The highest BCUT2D eigenvalue weighted by Gasteiger charge is 2.13. The molecule has 0 spiro atoms. The normalized spacial score (nSPS) is 10.7. The molecule has 0 aliphatic rings. The Bertz CT molecular complexity index is 1270. The highest BCUT2D eigenvalue weighted by Crippen LogP contribution is 2.29. The van der Waals surface area contributed by atoms with Gasteiger partial charge in [0, 0.05) is 19.2 Å². The lowest BCUT2D eigenvalue weighted by Crippen LogP contribution is -2.24. The van der Waals surface area contributed by atoms with E-state index in [0.29, 0.717) is 29.8 Å². The van der Waals surface area contributed by atoms with Gasteiger partial charge in [0.15, 0.2) is 22.5 Å². The summed E-state index contributed by atoms with van der Waals surface area (Å²) in [6.45, 7) is 2.89. The number of ether oxygens (including phenoxy) is 2. The summed E-state index contributed by atoms with van der Waals surface area (Å²) < 4.78 is 13.3. The van der Waals surface area contributed by atoms with Crippen molar-refractivity contribution in [2.45, 2.75) is 25.2 Å². The summed E-state index contributed by atoms with van der Waals surface area (Å²) in [7, 11) is 3.51. The lowest BCUT2D eigenvalue weighted by Gasteiger charge is -2.13. The predicted octanol–water partition coefficient (Wildman–Crippen LogP) is 4.79. The van der Waals surface area contributed by atoms with E-state index in [0.717, 1.165) is 22.5 Å². The average molecular weight is 489 g/mol. The predicted molar refractivity (Wildman–Crippen MR) is 138 cm³/mol. The largest absolute Gasteiger partial charge is 0.493 e. The molecule has 1 aromatic heterocycles. The Morgan fingerprint density at radius 2 is 1.74 bits per heavy atom. The lowest BCUT2D eigenvalue weighted by atomic mass is 10.1. The van der Waals surface area contributed by atoms with Gasteiger partial charge in [-0.25, -0.2) is 0 Å². The summed E-state index contributed by atoms with van der Waals surface area (Å²) >= 11 is 1.36. The molecule has 0 atom stereocenters. The third-order valence-electron chi connectivity index (χ3n) is 5.43. The number of aromatic nitrogens is 3. The summed E-state index contributed by atoms with van der Waals surface area (Å²) in [5, 5.41) is 12.2. The molecule has 0 bridgehead atoms. The minimum Gasteiger partial charge on any atom is -0.493 e. The number of nitrogens with one attached hydrogen (secondary N) is 1. The van der Waals surface area contributed by atoms with Crippen molar-refractivity contribution >= 4 is 17.7 Å². The molecule has 0 radical (unpaired) electrons. The van der Waals surface area contributed by atoms with E-state index in [1.165, 1.54) is 17.3 Å². The molecule has 1 heterocycles. The van der Waals surface area contributed by atoms with Gasteiger partial charge in [-0.15, -0.1) is 10.2 Å². The van der Waals surface area contributed by atoms with Gasteiger partial charge in [-0.05, 0) is 30.2 Å². The van der Waals surface area contributed by atoms with Crippen LogP contribution in [-0.4, -0.2) is 33.5 Å². The van der Waals surface area contributed by atoms with Crippen LogP contribution in [0.3, 0.4) is 0 Å². The van der Waals surface area contributed by atoms with Crippen LogP contribution in [-0.2, 0) is 25.0 Å². The van der Waals surface area contributed by atoms with Crippen LogP contribution in [0.5, 0.6) is 11.5 Å². The van der Waals surface area contributed by atoms with Crippen molar-refractivity contribution in [3.8, 4) is 22.9 Å². The van der Waals surface area contributed by atoms with E-state index in [2.05, 4.69) is 15.5 Å². The molecule has 0 aliphatic heterocycles. The first-order chi connectivity index (χ1) is 17.0. The zero-order valence-electron chi connectivity index (χ0n) is 20.0. The Hall–Kier alpha value is -3.78. The number of carbonyl (C=O) groups excluding carboxylic acids is 1. The second-order valence-corrected chi connectivity index (χ2v) is 9.00. The quantitative estimate of drug-likeness (QED) is 0.324. The Kier molecular flexibility index (Phi) is 8.05. The summed E-state index contributed by atoms with van der Waals surface area (Å²) in [5.74, 6) is 2.22. The van der Waals surface area contributed by atoms with E-state index in [4.69, 9.17) is 9.47 Å². The second-order valence-electron chi connectivity index (χ2n) is 8.06. The molecule has 1 N–H and O–H groups in total. The maximum absolute atomic E-state index is 12.5. The van der Waals surface area contributed by atoms with E-state index in [1.54, 1.807) is 7.11 Å². The molecule has 4 aromatic rings. The number of carbonyl (C=O) groups is 1. The molecule has 35 heavy (non-hydrogen) atoms. The number of hydrogen-bond donors (Lipinski definition) is 1. The van der Waals surface area contributed by atoms with E-state index in [-0.39, 0.29) is 11.7 Å². The Balaban J connectivity index is 1.29. The average Bonchev–Trinajstić information content (AvgIpc) is 3.26. The van der Waals surface area contributed by atoms with Gasteiger partial charge in [-0.1, -0.05) is 78.0 Å². The zero-order valence-corrected chi connectivity index (χ0v) is 20.8. The van der Waals surface area contributed by atoms with Crippen LogP contribution in [0.4, 0.5) is 0 Å². The number of nitrogens with zero attached hydrogens (tertiary/aromatic N) is 3. The number of methoxy groups -OCH3 is 1. The minimum absolute atomic E-state index is 0.0849. The molecule has 0 fully saturated rings. The van der Waals surface area contributed by atoms with Crippen molar-refractivity contribution in [2.24, 2.45) is 7.05 Å². The molecular weight excluding hydrogens is 460 g/mol. The van der Waals surface area contributed by atoms with Crippen LogP contribution in [0.1, 0.15) is 16.7 Å². The summed E-state index contributed by atoms with van der Waals surface area (Å²) in [4.78, 5) is 12.5. The van der Waals surface area contributed by atoms with Gasteiger partial charge in [0.1, 0.15) is 6.61 Å². The minimum atomic E-state index is -0.0849. The maximum Gasteiger partial charge on any atom is 0.230 e. The zero-order chi connectivity index (χ0) is 24.6. The third kappa shape index (κ3) is 6.42. The topological polar surface area (TPSA) is 78.3 Å². The monoisotopic (exact) mass is 488 g/mol. The molecule has 0 saturated heterocycles. The van der Waals surface area contributed by atoms with E-state index < -0.39 is 0 Å². The molecule has 0 unspecified atom stereocenters. The van der Waals surface area contributed by atoms with Crippen molar-refractivity contribution in [3.05, 3.63) is 89.5 Å². The second kappa shape index (κ2) is 11.6. The molecule has 180 valence electrons. The smallest absolute Gasteiger partial charge is 0.230 e. The first-order valence-corrected chi connectivity index (χ1v) is 12.2. The standard InChI is InChI=1S/C27H28N4O3S/c1-19-9-12-22(13-10-19)26-29-30-27(31(26)2)35-18-25(32)28-16-21-11-14-23(24(15-21)33-3)34-17-20-7-5-4-6-8-20/h4-15H,16-18H2,1-3H3,(H,28,32). The van der Waals surface area contributed by atoms with Crippen LogP contribution in [0, 0.1) is 6.92 Å². The molecular formula is C27H28N4O3S. The fourth-order valence-electron chi connectivity index (χ4n) is 3.45. The van der Waals surface area contributed by atoms with Crippen molar-refractivity contribution in [3.63, 3.8) is 0 Å². The fourth-order valence-corrected chi connectivity index (χ4v) is 4.19. The molecule has 0 aliphatic carbocycles. The first kappa shape index (κ1) is 24.3. The maximum atomic E-state index is 12.5. The highest BCUT2D eigenvalue weighted by molar-refractivity contribution is 7.99. The fraction of sp³-hybridized carbons (Fsp3) is 0.222. The number of benzene rings is 3. The van der Waals surface area contributed by atoms with E-state index in [9.17, 15) is 4.79 Å². The van der Waals surface area contributed by atoms with Crippen molar-refractivity contribution in [1.29, 1.82) is 0 Å². The SMILES string of the molecule is COc1cc(CNC(=O)CSc2nnc(-c3ccc(C)cc3)n2C)ccc1OCc1ccccc1. The number of hydrogen-bond acceptors (Lipinski definition) is 6. The summed E-state index contributed by atoms with van der Waals surface area (Å²) in [6, 6.07) is 23.8. The number of aryl methyl sites for hydroxylation is 1. The van der Waals surface area contributed by atoms with Crippen molar-refractivity contribution in [1.82, 2.24) is 20.1 Å². The highest BCUT2D eigenvalue weighted by atomic mass is 32.2. The van der Waals surface area contributed by atoms with Gasteiger partial charge < -0.3 is 19.4 Å². The lowest BCUT2D eigenvalue weighted by molar-refractivity contribution is -0.118. The number of amides is 1. The van der Waals surface area contributed by atoms with E-state index >= 15 is 0 Å². The summed E-state index contributed by atoms with van der Waals surface area (Å²) in [6.07, 6.45) is 0. The summed E-state index contributed by atoms with van der Waals surface area (Å²) in [5.41, 5.74) is 4.19. The van der Waals surface area contributed by atoms with E-state index in [1.807, 2.05) is 91.3 Å². The molecule has 7 nitrogen and oxygen atoms in total. The van der Waals surface area contributed by atoms with Crippen molar-refractivity contribution in [2.75, 3.05) is 12.9 Å². The van der Waals surface area contributed by atoms with Crippen molar-refractivity contribution < 1.29 is 14.3 Å². The Morgan fingerprint density at radius 3 is 2.49 bits per heavy atom. The van der Waals surface area contributed by atoms with Gasteiger partial charge in [0.05, 0.1) is 12.9 Å². The Morgan fingerprint density at radius 1 is 0.971 bits per heavy atom. The molecule has 4 rings (SSSR count). The molecule has 3 aromatic carbocycles. The molecule has 0 saturated carbocycles. The number of thioether (sulfide) groups is 1.